The molecule has 0 aliphatic carbocycles. The van der Waals surface area contributed by atoms with Gasteiger partial charge in [0.2, 0.25) is 0 Å². The lowest BCUT2D eigenvalue weighted by molar-refractivity contribution is -0.141. The minimum atomic E-state index is -4.68. The van der Waals surface area contributed by atoms with E-state index in [0.717, 1.165) is 6.07 Å². The fourth-order valence-electron chi connectivity index (χ4n) is 1.69. The highest BCUT2D eigenvalue weighted by Crippen LogP contribution is 2.37. The standard InChI is InChI=1S/C11H7ClF4N2/c1-4-8(17)6-2-5(12)3-7(13)9(6)18-10(4)11(14,15)16/h2-3H,1H3,(H2,17,18). The van der Waals surface area contributed by atoms with E-state index in [2.05, 4.69) is 4.98 Å². The highest BCUT2D eigenvalue weighted by Gasteiger charge is 2.36. The van der Waals surface area contributed by atoms with Crippen molar-refractivity contribution in [3.63, 3.8) is 0 Å². The molecule has 0 unspecified atom stereocenters. The van der Waals surface area contributed by atoms with E-state index in [-0.39, 0.29) is 21.7 Å². The zero-order valence-corrected chi connectivity index (χ0v) is 9.83. The van der Waals surface area contributed by atoms with Crippen molar-refractivity contribution in [2.45, 2.75) is 13.1 Å². The third-order valence-electron chi connectivity index (χ3n) is 2.57. The van der Waals surface area contributed by atoms with E-state index < -0.39 is 23.2 Å². The van der Waals surface area contributed by atoms with Gasteiger partial charge in [0.05, 0.1) is 0 Å². The monoisotopic (exact) mass is 278 g/mol. The second-order valence-electron chi connectivity index (χ2n) is 3.78. The summed E-state index contributed by atoms with van der Waals surface area (Å²) in [6, 6.07) is 2.18. The van der Waals surface area contributed by atoms with Gasteiger partial charge in [-0.1, -0.05) is 11.6 Å². The molecule has 2 rings (SSSR count). The van der Waals surface area contributed by atoms with E-state index in [9.17, 15) is 17.6 Å². The van der Waals surface area contributed by atoms with Crippen LogP contribution in [-0.2, 0) is 6.18 Å². The summed E-state index contributed by atoms with van der Waals surface area (Å²) < 4.78 is 51.7. The Hall–Kier alpha value is -1.56. The molecular weight excluding hydrogens is 272 g/mol. The number of nitrogens with zero attached hydrogens (tertiary/aromatic N) is 1. The molecule has 18 heavy (non-hydrogen) atoms. The Balaban J connectivity index is 2.93. The number of halogens is 5. The molecule has 0 aliphatic rings. The van der Waals surface area contributed by atoms with Crippen molar-refractivity contribution in [3.8, 4) is 0 Å². The fourth-order valence-corrected chi connectivity index (χ4v) is 1.89. The summed E-state index contributed by atoms with van der Waals surface area (Å²) in [4.78, 5) is 3.31. The first-order valence-corrected chi connectivity index (χ1v) is 5.21. The van der Waals surface area contributed by atoms with Gasteiger partial charge in [-0.2, -0.15) is 13.2 Å². The summed E-state index contributed by atoms with van der Waals surface area (Å²) in [7, 11) is 0. The van der Waals surface area contributed by atoms with Gasteiger partial charge in [-0.05, 0) is 19.1 Å². The van der Waals surface area contributed by atoms with Crippen LogP contribution >= 0.6 is 11.6 Å². The molecule has 1 aromatic carbocycles. The molecular formula is C11H7ClF4N2. The molecule has 0 saturated carbocycles. The first-order chi connectivity index (χ1) is 8.21. The molecule has 2 nitrogen and oxygen atoms in total. The Labute approximate surface area is 104 Å². The second kappa shape index (κ2) is 3.98. The first kappa shape index (κ1) is 12.9. The number of hydrogen-bond donors (Lipinski definition) is 1. The fraction of sp³-hybridized carbons (Fsp3) is 0.182. The van der Waals surface area contributed by atoms with E-state index >= 15 is 0 Å². The summed E-state index contributed by atoms with van der Waals surface area (Å²) in [5.74, 6) is -0.935. The SMILES string of the molecule is Cc1c(C(F)(F)F)nc2c(F)cc(Cl)cc2c1N. The van der Waals surface area contributed by atoms with Gasteiger partial charge >= 0.3 is 6.18 Å². The maximum absolute atomic E-state index is 13.6. The van der Waals surface area contributed by atoms with Crippen LogP contribution in [0.25, 0.3) is 10.9 Å². The van der Waals surface area contributed by atoms with Crippen molar-refractivity contribution in [2.75, 3.05) is 5.73 Å². The highest BCUT2D eigenvalue weighted by atomic mass is 35.5. The van der Waals surface area contributed by atoms with Gasteiger partial charge in [0.25, 0.3) is 0 Å². The number of anilines is 1. The zero-order chi connectivity index (χ0) is 13.7. The highest BCUT2D eigenvalue weighted by molar-refractivity contribution is 6.31. The van der Waals surface area contributed by atoms with E-state index in [1.54, 1.807) is 0 Å². The average molecular weight is 279 g/mol. The van der Waals surface area contributed by atoms with Gasteiger partial charge in [-0.3, -0.25) is 0 Å². The van der Waals surface area contributed by atoms with Crippen molar-refractivity contribution in [1.82, 2.24) is 4.98 Å². The smallest absolute Gasteiger partial charge is 0.398 e. The van der Waals surface area contributed by atoms with Crippen LogP contribution < -0.4 is 5.73 Å². The number of fused-ring (bicyclic) bond motifs is 1. The Morgan fingerprint density at radius 2 is 1.89 bits per heavy atom. The molecule has 7 heteroatoms. The Morgan fingerprint density at radius 1 is 1.28 bits per heavy atom. The summed E-state index contributed by atoms with van der Waals surface area (Å²) in [6.07, 6.45) is -4.68. The molecule has 0 spiro atoms. The lowest BCUT2D eigenvalue weighted by Crippen LogP contribution is -2.13. The number of alkyl halides is 3. The van der Waals surface area contributed by atoms with E-state index in [0.29, 0.717) is 0 Å². The maximum Gasteiger partial charge on any atom is 0.433 e. The number of pyridine rings is 1. The molecule has 0 saturated heterocycles. The van der Waals surface area contributed by atoms with Crippen LogP contribution in [0.3, 0.4) is 0 Å². The minimum Gasteiger partial charge on any atom is -0.398 e. The molecule has 2 N–H and O–H groups in total. The molecule has 0 atom stereocenters. The van der Waals surface area contributed by atoms with Crippen molar-refractivity contribution < 1.29 is 17.6 Å². The topological polar surface area (TPSA) is 38.9 Å². The molecule has 1 aromatic heterocycles. The Bertz CT molecular complexity index is 637. The van der Waals surface area contributed by atoms with E-state index in [1.807, 2.05) is 0 Å². The van der Waals surface area contributed by atoms with Crippen molar-refractivity contribution >= 4 is 28.2 Å². The van der Waals surface area contributed by atoms with Crippen LogP contribution in [0.2, 0.25) is 5.02 Å². The minimum absolute atomic E-state index is 0.0488. The quantitative estimate of drug-likeness (QED) is 0.742. The van der Waals surface area contributed by atoms with Crippen LogP contribution in [0, 0.1) is 12.7 Å². The lowest BCUT2D eigenvalue weighted by Gasteiger charge is -2.14. The Kier molecular flexibility index (Phi) is 2.85. The number of nitrogens with two attached hydrogens (primary N) is 1. The molecule has 0 aliphatic heterocycles. The van der Waals surface area contributed by atoms with Gasteiger partial charge in [-0.15, -0.1) is 0 Å². The van der Waals surface area contributed by atoms with Gasteiger partial charge in [0.1, 0.15) is 11.2 Å². The van der Waals surface area contributed by atoms with Crippen LogP contribution in [0.4, 0.5) is 23.2 Å². The summed E-state index contributed by atoms with van der Waals surface area (Å²) in [6.45, 7) is 1.18. The predicted molar refractivity (Wildman–Crippen MR) is 60.9 cm³/mol. The normalized spacial score (nSPS) is 12.1. The van der Waals surface area contributed by atoms with Crippen LogP contribution in [-0.4, -0.2) is 4.98 Å². The van der Waals surface area contributed by atoms with Gasteiger partial charge in [0, 0.05) is 21.7 Å². The summed E-state index contributed by atoms with van der Waals surface area (Å²) in [5, 5.41) is 0.123. The van der Waals surface area contributed by atoms with Crippen molar-refractivity contribution in [3.05, 3.63) is 34.2 Å². The molecule has 2 aromatic rings. The molecule has 1 heterocycles. The average Bonchev–Trinajstić information content (AvgIpc) is 2.22. The largest absolute Gasteiger partial charge is 0.433 e. The molecule has 0 fully saturated rings. The van der Waals surface area contributed by atoms with Gasteiger partial charge in [0.15, 0.2) is 5.82 Å². The molecule has 96 valence electrons. The van der Waals surface area contributed by atoms with E-state index in [1.165, 1.54) is 13.0 Å². The third-order valence-corrected chi connectivity index (χ3v) is 2.79. The zero-order valence-electron chi connectivity index (χ0n) is 9.07. The van der Waals surface area contributed by atoms with Crippen molar-refractivity contribution in [2.24, 2.45) is 0 Å². The number of nitrogen functional groups attached to an aromatic ring is 1. The van der Waals surface area contributed by atoms with Crippen LogP contribution in [0.15, 0.2) is 12.1 Å². The number of benzene rings is 1. The van der Waals surface area contributed by atoms with Gasteiger partial charge in [-0.25, -0.2) is 9.37 Å². The summed E-state index contributed by atoms with van der Waals surface area (Å²) in [5.41, 5.74) is 3.55. The summed E-state index contributed by atoms with van der Waals surface area (Å²) >= 11 is 5.63. The number of aromatic nitrogens is 1. The Morgan fingerprint density at radius 3 is 2.44 bits per heavy atom. The first-order valence-electron chi connectivity index (χ1n) is 4.84. The third kappa shape index (κ3) is 1.96. The predicted octanol–water partition coefficient (Wildman–Crippen LogP) is 3.94. The molecule has 0 radical (unpaired) electrons. The second-order valence-corrected chi connectivity index (χ2v) is 4.22. The lowest BCUT2D eigenvalue weighted by atomic mass is 10.1. The van der Waals surface area contributed by atoms with Crippen LogP contribution in [0.1, 0.15) is 11.3 Å². The number of hydrogen-bond acceptors (Lipinski definition) is 2. The molecule has 0 amide bonds. The van der Waals surface area contributed by atoms with Gasteiger partial charge < -0.3 is 5.73 Å². The molecule has 0 bridgehead atoms. The van der Waals surface area contributed by atoms with Crippen LogP contribution in [0.5, 0.6) is 0 Å². The maximum atomic E-state index is 13.6. The van der Waals surface area contributed by atoms with Crippen molar-refractivity contribution in [1.29, 1.82) is 0 Å². The number of rotatable bonds is 0. The van der Waals surface area contributed by atoms with E-state index in [4.69, 9.17) is 17.3 Å².